The number of carbonyl (C=O) groups is 2. The van der Waals surface area contributed by atoms with Gasteiger partial charge in [0.1, 0.15) is 10.9 Å². The largest absolute Gasteiger partial charge is 0.357 e. The molecule has 104 valence electrons. The predicted octanol–water partition coefficient (Wildman–Crippen LogP) is 1.66. The Balaban J connectivity index is 2.07. The van der Waals surface area contributed by atoms with Crippen LogP contribution in [0.4, 0.5) is 0 Å². The van der Waals surface area contributed by atoms with Crippen molar-refractivity contribution in [3.05, 3.63) is 16.1 Å². The zero-order chi connectivity index (χ0) is 13.8. The molecule has 2 amide bonds. The predicted molar refractivity (Wildman–Crippen MR) is 74.3 cm³/mol. The second-order valence-corrected chi connectivity index (χ2v) is 5.71. The maximum absolute atomic E-state index is 12.2. The summed E-state index contributed by atoms with van der Waals surface area (Å²) in [6.07, 6.45) is 4.62. The average molecular weight is 281 g/mol. The van der Waals surface area contributed by atoms with Gasteiger partial charge in [0, 0.05) is 13.0 Å². The SMILES string of the molecule is CNC(=O)[C@H](C)NC(=O)c1scnc1C1CCCC1. The van der Waals surface area contributed by atoms with Crippen molar-refractivity contribution in [1.82, 2.24) is 15.6 Å². The van der Waals surface area contributed by atoms with E-state index in [1.807, 2.05) is 0 Å². The van der Waals surface area contributed by atoms with E-state index in [1.165, 1.54) is 24.2 Å². The molecule has 1 fully saturated rings. The minimum absolute atomic E-state index is 0.194. The van der Waals surface area contributed by atoms with Crippen molar-refractivity contribution in [2.45, 2.75) is 44.6 Å². The van der Waals surface area contributed by atoms with E-state index < -0.39 is 6.04 Å². The number of aromatic nitrogens is 1. The smallest absolute Gasteiger partial charge is 0.263 e. The number of likely N-dealkylation sites (N-methyl/N-ethyl adjacent to an activating group) is 1. The Morgan fingerprint density at radius 2 is 2.11 bits per heavy atom. The quantitative estimate of drug-likeness (QED) is 0.882. The lowest BCUT2D eigenvalue weighted by molar-refractivity contribution is -0.122. The molecule has 2 N–H and O–H groups in total. The van der Waals surface area contributed by atoms with Crippen LogP contribution in [0.3, 0.4) is 0 Å². The first-order valence-electron chi connectivity index (χ1n) is 6.59. The van der Waals surface area contributed by atoms with Crippen LogP contribution in [0.1, 0.15) is 53.9 Å². The maximum atomic E-state index is 12.2. The molecule has 1 aromatic heterocycles. The van der Waals surface area contributed by atoms with E-state index in [2.05, 4.69) is 15.6 Å². The molecule has 1 aliphatic carbocycles. The summed E-state index contributed by atoms with van der Waals surface area (Å²) in [7, 11) is 1.56. The Morgan fingerprint density at radius 1 is 1.42 bits per heavy atom. The molecule has 0 aliphatic heterocycles. The number of hydrogen-bond donors (Lipinski definition) is 2. The van der Waals surface area contributed by atoms with Crippen LogP contribution in [0.15, 0.2) is 5.51 Å². The highest BCUT2D eigenvalue weighted by Gasteiger charge is 2.26. The normalized spacial score (nSPS) is 17.2. The van der Waals surface area contributed by atoms with Crippen LogP contribution < -0.4 is 10.6 Å². The van der Waals surface area contributed by atoms with Crippen LogP contribution in [0.25, 0.3) is 0 Å². The summed E-state index contributed by atoms with van der Waals surface area (Å²) >= 11 is 1.35. The molecule has 1 saturated carbocycles. The summed E-state index contributed by atoms with van der Waals surface area (Å²) in [5.74, 6) is 0.0167. The molecule has 1 heterocycles. The van der Waals surface area contributed by atoms with Gasteiger partial charge in [0.2, 0.25) is 5.91 Å². The average Bonchev–Trinajstić information content (AvgIpc) is 3.06. The van der Waals surface area contributed by atoms with Gasteiger partial charge in [-0.3, -0.25) is 9.59 Å². The fourth-order valence-corrected chi connectivity index (χ4v) is 3.24. The van der Waals surface area contributed by atoms with Crippen molar-refractivity contribution in [2.75, 3.05) is 7.05 Å². The van der Waals surface area contributed by atoms with Gasteiger partial charge in [0.15, 0.2) is 0 Å². The van der Waals surface area contributed by atoms with Gasteiger partial charge in [-0.15, -0.1) is 11.3 Å². The van der Waals surface area contributed by atoms with E-state index in [4.69, 9.17) is 0 Å². The molecular formula is C13H19N3O2S. The Bertz CT molecular complexity index is 466. The van der Waals surface area contributed by atoms with Crippen molar-refractivity contribution >= 4 is 23.2 Å². The topological polar surface area (TPSA) is 71.1 Å². The molecule has 6 heteroatoms. The van der Waals surface area contributed by atoms with Gasteiger partial charge >= 0.3 is 0 Å². The molecular weight excluding hydrogens is 262 g/mol. The molecule has 0 aromatic carbocycles. The summed E-state index contributed by atoms with van der Waals surface area (Å²) in [6, 6.07) is -0.531. The number of amides is 2. The zero-order valence-electron chi connectivity index (χ0n) is 11.2. The van der Waals surface area contributed by atoms with Gasteiger partial charge in [0.25, 0.3) is 5.91 Å². The first kappa shape index (κ1) is 14.0. The summed E-state index contributed by atoms with van der Waals surface area (Å²) in [5.41, 5.74) is 2.62. The van der Waals surface area contributed by atoms with Crippen molar-refractivity contribution in [2.24, 2.45) is 0 Å². The van der Waals surface area contributed by atoms with Crippen molar-refractivity contribution in [1.29, 1.82) is 0 Å². The molecule has 0 spiro atoms. The molecule has 0 saturated heterocycles. The van der Waals surface area contributed by atoms with Gasteiger partial charge in [-0.1, -0.05) is 12.8 Å². The highest BCUT2D eigenvalue weighted by Crippen LogP contribution is 2.36. The Labute approximate surface area is 116 Å². The minimum Gasteiger partial charge on any atom is -0.357 e. The fourth-order valence-electron chi connectivity index (χ4n) is 2.46. The summed E-state index contributed by atoms with van der Waals surface area (Å²) in [5, 5.41) is 5.24. The highest BCUT2D eigenvalue weighted by molar-refractivity contribution is 7.11. The Kier molecular flexibility index (Phi) is 4.52. The zero-order valence-corrected chi connectivity index (χ0v) is 12.0. The van der Waals surface area contributed by atoms with Crippen LogP contribution >= 0.6 is 11.3 Å². The molecule has 1 aromatic rings. The summed E-state index contributed by atoms with van der Waals surface area (Å²) in [4.78, 5) is 28.6. The Morgan fingerprint density at radius 3 is 2.74 bits per heavy atom. The third-order valence-electron chi connectivity index (χ3n) is 3.53. The van der Waals surface area contributed by atoms with Crippen LogP contribution in [0, 0.1) is 0 Å². The second kappa shape index (κ2) is 6.14. The number of rotatable bonds is 4. The van der Waals surface area contributed by atoms with E-state index in [-0.39, 0.29) is 11.8 Å². The first-order chi connectivity index (χ1) is 9.13. The summed E-state index contributed by atoms with van der Waals surface area (Å²) < 4.78 is 0. The fraction of sp³-hybridized carbons (Fsp3) is 0.615. The monoisotopic (exact) mass is 281 g/mol. The third-order valence-corrected chi connectivity index (χ3v) is 4.37. The molecule has 1 atom stereocenters. The number of nitrogens with one attached hydrogen (secondary N) is 2. The van der Waals surface area contributed by atoms with E-state index in [0.29, 0.717) is 10.8 Å². The molecule has 0 unspecified atom stereocenters. The van der Waals surface area contributed by atoms with E-state index in [0.717, 1.165) is 18.5 Å². The number of nitrogens with zero attached hydrogens (tertiary/aromatic N) is 1. The van der Waals surface area contributed by atoms with E-state index in [9.17, 15) is 9.59 Å². The highest BCUT2D eigenvalue weighted by atomic mass is 32.1. The van der Waals surface area contributed by atoms with Crippen molar-refractivity contribution in [3.8, 4) is 0 Å². The number of hydrogen-bond acceptors (Lipinski definition) is 4. The van der Waals surface area contributed by atoms with Gasteiger partial charge in [-0.25, -0.2) is 4.98 Å². The van der Waals surface area contributed by atoms with Crippen LogP contribution in [-0.2, 0) is 4.79 Å². The number of carbonyl (C=O) groups excluding carboxylic acids is 2. The van der Waals surface area contributed by atoms with Gasteiger partial charge < -0.3 is 10.6 Å². The second-order valence-electron chi connectivity index (χ2n) is 4.86. The van der Waals surface area contributed by atoms with Crippen molar-refractivity contribution < 1.29 is 9.59 Å². The standard InChI is InChI=1S/C13H19N3O2S/c1-8(12(17)14-2)16-13(18)11-10(15-7-19-11)9-5-3-4-6-9/h7-9H,3-6H2,1-2H3,(H,14,17)(H,16,18)/t8-/m0/s1. The van der Waals surface area contributed by atoms with Gasteiger partial charge in [0.05, 0.1) is 11.2 Å². The van der Waals surface area contributed by atoms with Crippen LogP contribution in [0.5, 0.6) is 0 Å². The molecule has 5 nitrogen and oxygen atoms in total. The maximum Gasteiger partial charge on any atom is 0.263 e. The lowest BCUT2D eigenvalue weighted by Gasteiger charge is -2.13. The van der Waals surface area contributed by atoms with Gasteiger partial charge in [-0.05, 0) is 19.8 Å². The molecule has 19 heavy (non-hydrogen) atoms. The lowest BCUT2D eigenvalue weighted by Crippen LogP contribution is -2.43. The van der Waals surface area contributed by atoms with E-state index >= 15 is 0 Å². The third kappa shape index (κ3) is 3.12. The number of thiazole rings is 1. The first-order valence-corrected chi connectivity index (χ1v) is 7.47. The minimum atomic E-state index is -0.531. The van der Waals surface area contributed by atoms with Crippen molar-refractivity contribution in [3.63, 3.8) is 0 Å². The molecule has 2 rings (SSSR count). The van der Waals surface area contributed by atoms with Crippen LogP contribution in [0.2, 0.25) is 0 Å². The molecule has 1 aliphatic rings. The Hall–Kier alpha value is -1.43. The summed E-state index contributed by atoms with van der Waals surface area (Å²) in [6.45, 7) is 1.67. The van der Waals surface area contributed by atoms with Gasteiger partial charge in [-0.2, -0.15) is 0 Å². The molecule has 0 radical (unpaired) electrons. The van der Waals surface area contributed by atoms with E-state index in [1.54, 1.807) is 19.5 Å². The molecule has 0 bridgehead atoms. The van der Waals surface area contributed by atoms with Crippen LogP contribution in [-0.4, -0.2) is 29.9 Å². The lowest BCUT2D eigenvalue weighted by atomic mass is 10.0.